The Hall–Kier alpha value is -2.04. The van der Waals surface area contributed by atoms with Crippen molar-refractivity contribution >= 4 is 44.3 Å². The van der Waals surface area contributed by atoms with Crippen LogP contribution in [0, 0.1) is 6.92 Å². The number of amides is 1. The predicted octanol–water partition coefficient (Wildman–Crippen LogP) is 4.03. The lowest BCUT2D eigenvalue weighted by Gasteiger charge is -2.11. The summed E-state index contributed by atoms with van der Waals surface area (Å²) in [6.07, 6.45) is -0.344. The third kappa shape index (κ3) is 5.31. The molecule has 29 heavy (non-hydrogen) atoms. The quantitative estimate of drug-likeness (QED) is 0.483. The molecule has 1 aromatic carbocycles. The van der Waals surface area contributed by atoms with Crippen molar-refractivity contribution in [3.05, 3.63) is 68.0 Å². The number of hydrogen-bond acceptors (Lipinski definition) is 6. The van der Waals surface area contributed by atoms with Crippen LogP contribution < -0.4 is 10.0 Å². The number of anilines is 1. The van der Waals surface area contributed by atoms with E-state index >= 15 is 0 Å². The van der Waals surface area contributed by atoms with Crippen molar-refractivity contribution in [2.75, 3.05) is 5.32 Å². The summed E-state index contributed by atoms with van der Waals surface area (Å²) in [7, 11) is -3.71. The first kappa shape index (κ1) is 21.7. The van der Waals surface area contributed by atoms with Crippen molar-refractivity contribution in [3.8, 4) is 0 Å². The lowest BCUT2D eigenvalue weighted by atomic mass is 10.2. The predicted molar refractivity (Wildman–Crippen MR) is 117 cm³/mol. The van der Waals surface area contributed by atoms with Gasteiger partial charge < -0.3 is 10.4 Å². The maximum atomic E-state index is 12.7. The van der Waals surface area contributed by atoms with Crippen LogP contribution in [0.3, 0.4) is 0 Å². The van der Waals surface area contributed by atoms with Gasteiger partial charge in [-0.15, -0.1) is 22.7 Å². The van der Waals surface area contributed by atoms with Gasteiger partial charge in [-0.05, 0) is 54.3 Å². The van der Waals surface area contributed by atoms with Gasteiger partial charge in [-0.2, -0.15) is 0 Å². The van der Waals surface area contributed by atoms with E-state index in [-0.39, 0.29) is 17.3 Å². The number of aliphatic hydroxyl groups is 1. The second kappa shape index (κ2) is 9.19. The lowest BCUT2D eigenvalue weighted by molar-refractivity contribution is -0.115. The summed E-state index contributed by atoms with van der Waals surface area (Å²) in [5, 5.41) is 15.0. The Bertz CT molecular complexity index is 1090. The normalized spacial score (nSPS) is 12.7. The molecular weight excluding hydrogens is 428 g/mol. The van der Waals surface area contributed by atoms with Crippen molar-refractivity contribution in [1.82, 2.24) is 4.72 Å². The number of carbonyl (C=O) groups is 1. The Labute approximate surface area is 178 Å². The van der Waals surface area contributed by atoms with E-state index in [2.05, 4.69) is 10.0 Å². The molecule has 0 aliphatic carbocycles. The SMILES string of the molecule is CCC(=O)Nc1ccc(S(=O)(=O)NCc2ccc(C(O)c3cccs3)s2)c(C)c1. The molecule has 0 aliphatic rings. The van der Waals surface area contributed by atoms with Crippen LogP contribution >= 0.6 is 22.7 Å². The highest BCUT2D eigenvalue weighted by atomic mass is 32.2. The van der Waals surface area contributed by atoms with E-state index in [0.717, 1.165) is 14.6 Å². The average molecular weight is 451 g/mol. The van der Waals surface area contributed by atoms with Gasteiger partial charge in [0.15, 0.2) is 0 Å². The number of aryl methyl sites for hydroxylation is 1. The highest BCUT2D eigenvalue weighted by molar-refractivity contribution is 7.89. The van der Waals surface area contributed by atoms with Crippen LogP contribution in [0.2, 0.25) is 0 Å². The molecule has 2 heterocycles. The maximum absolute atomic E-state index is 12.7. The number of aliphatic hydroxyl groups excluding tert-OH is 1. The van der Waals surface area contributed by atoms with Crippen LogP contribution in [0.1, 0.15) is 39.6 Å². The van der Waals surface area contributed by atoms with Crippen LogP contribution in [0.5, 0.6) is 0 Å². The number of thiophene rings is 2. The molecule has 3 aromatic rings. The Balaban J connectivity index is 1.68. The monoisotopic (exact) mass is 450 g/mol. The van der Waals surface area contributed by atoms with E-state index in [9.17, 15) is 18.3 Å². The van der Waals surface area contributed by atoms with Gasteiger partial charge >= 0.3 is 0 Å². The largest absolute Gasteiger partial charge is 0.382 e. The van der Waals surface area contributed by atoms with E-state index in [4.69, 9.17) is 0 Å². The summed E-state index contributed by atoms with van der Waals surface area (Å²) >= 11 is 2.85. The number of rotatable bonds is 8. The summed E-state index contributed by atoms with van der Waals surface area (Å²) in [5.41, 5.74) is 1.12. The summed E-state index contributed by atoms with van der Waals surface area (Å²) in [6, 6.07) is 12.1. The topological polar surface area (TPSA) is 95.5 Å². The fraction of sp³-hybridized carbons (Fsp3) is 0.250. The Morgan fingerprint density at radius 2 is 1.97 bits per heavy atom. The molecule has 0 saturated carbocycles. The Morgan fingerprint density at radius 3 is 2.62 bits per heavy atom. The van der Waals surface area contributed by atoms with E-state index in [1.165, 1.54) is 28.7 Å². The van der Waals surface area contributed by atoms with Crippen molar-refractivity contribution in [2.24, 2.45) is 0 Å². The van der Waals surface area contributed by atoms with Gasteiger partial charge in [0.1, 0.15) is 6.10 Å². The minimum atomic E-state index is -3.71. The van der Waals surface area contributed by atoms with Crippen molar-refractivity contribution < 1.29 is 18.3 Å². The number of sulfonamides is 1. The molecule has 1 unspecified atom stereocenters. The highest BCUT2D eigenvalue weighted by Crippen LogP contribution is 2.31. The van der Waals surface area contributed by atoms with E-state index in [1.54, 1.807) is 26.0 Å². The molecule has 1 amide bonds. The average Bonchev–Trinajstić information content (AvgIpc) is 3.38. The molecule has 0 bridgehead atoms. The number of nitrogens with one attached hydrogen (secondary N) is 2. The molecule has 0 aliphatic heterocycles. The molecule has 3 N–H and O–H groups in total. The first-order valence-electron chi connectivity index (χ1n) is 9.00. The van der Waals surface area contributed by atoms with Gasteiger partial charge in [-0.3, -0.25) is 4.79 Å². The smallest absolute Gasteiger partial charge is 0.241 e. The highest BCUT2D eigenvalue weighted by Gasteiger charge is 2.19. The summed E-state index contributed by atoms with van der Waals surface area (Å²) in [4.78, 5) is 14.1. The zero-order chi connectivity index (χ0) is 21.0. The molecule has 6 nitrogen and oxygen atoms in total. The maximum Gasteiger partial charge on any atom is 0.241 e. The lowest BCUT2D eigenvalue weighted by Crippen LogP contribution is -2.23. The standard InChI is InChI=1S/C20H22N2O4S3/c1-3-19(23)22-14-6-9-18(13(2)11-14)29(25,26)21-12-15-7-8-17(28-15)20(24)16-5-4-10-27-16/h4-11,20-21,24H,3,12H2,1-2H3,(H,22,23). The summed E-state index contributed by atoms with van der Waals surface area (Å²) in [6.45, 7) is 3.58. The molecule has 0 radical (unpaired) electrons. The Kier molecular flexibility index (Phi) is 6.86. The molecule has 154 valence electrons. The van der Waals surface area contributed by atoms with Gasteiger partial charge in [-0.1, -0.05) is 13.0 Å². The molecule has 9 heteroatoms. The minimum absolute atomic E-state index is 0.128. The van der Waals surface area contributed by atoms with Crippen LogP contribution in [-0.2, 0) is 21.4 Å². The fourth-order valence-corrected chi connectivity index (χ4v) is 5.83. The molecular formula is C20H22N2O4S3. The minimum Gasteiger partial charge on any atom is -0.382 e. The number of benzene rings is 1. The van der Waals surface area contributed by atoms with Crippen LogP contribution in [0.25, 0.3) is 0 Å². The third-order valence-electron chi connectivity index (χ3n) is 4.27. The third-order valence-corrected chi connectivity index (χ3v) is 7.89. The van der Waals surface area contributed by atoms with Crippen molar-refractivity contribution in [2.45, 2.75) is 37.8 Å². The van der Waals surface area contributed by atoms with Crippen LogP contribution in [0.4, 0.5) is 5.69 Å². The first-order valence-corrected chi connectivity index (χ1v) is 12.2. The van der Waals surface area contributed by atoms with Gasteiger partial charge in [0, 0.05) is 33.3 Å². The van der Waals surface area contributed by atoms with Crippen molar-refractivity contribution in [1.29, 1.82) is 0 Å². The molecule has 2 aromatic heterocycles. The second-order valence-corrected chi connectivity index (χ2v) is 10.3. The molecule has 0 saturated heterocycles. The molecule has 3 rings (SSSR count). The molecule has 1 atom stereocenters. The van der Waals surface area contributed by atoms with Gasteiger partial charge in [-0.25, -0.2) is 13.1 Å². The fourth-order valence-electron chi connectivity index (χ4n) is 2.75. The van der Waals surface area contributed by atoms with Crippen LogP contribution in [0.15, 0.2) is 52.7 Å². The van der Waals surface area contributed by atoms with E-state index in [0.29, 0.717) is 17.7 Å². The van der Waals surface area contributed by atoms with Gasteiger partial charge in [0.05, 0.1) is 4.90 Å². The summed E-state index contributed by atoms with van der Waals surface area (Å²) < 4.78 is 28.0. The molecule has 0 spiro atoms. The number of carbonyl (C=O) groups excluding carboxylic acids is 1. The Morgan fingerprint density at radius 1 is 1.17 bits per heavy atom. The second-order valence-electron chi connectivity index (χ2n) is 6.43. The van der Waals surface area contributed by atoms with Crippen molar-refractivity contribution in [3.63, 3.8) is 0 Å². The van der Waals surface area contributed by atoms with Gasteiger partial charge in [0.2, 0.25) is 15.9 Å². The van der Waals surface area contributed by atoms with E-state index in [1.807, 2.05) is 29.6 Å². The number of hydrogen-bond donors (Lipinski definition) is 3. The van der Waals surface area contributed by atoms with Crippen LogP contribution in [-0.4, -0.2) is 19.4 Å². The summed E-state index contributed by atoms with van der Waals surface area (Å²) in [5.74, 6) is -0.128. The molecule has 0 fully saturated rings. The first-order chi connectivity index (χ1) is 13.8. The van der Waals surface area contributed by atoms with E-state index < -0.39 is 16.1 Å². The zero-order valence-corrected chi connectivity index (χ0v) is 18.5. The van der Waals surface area contributed by atoms with Gasteiger partial charge in [0.25, 0.3) is 0 Å². The zero-order valence-electron chi connectivity index (χ0n) is 16.0.